The van der Waals surface area contributed by atoms with Gasteiger partial charge in [-0.05, 0) is 63.1 Å². The van der Waals surface area contributed by atoms with Crippen LogP contribution in [0.1, 0.15) is 53.4 Å². The topological polar surface area (TPSA) is 65.1 Å². The number of hydrogen-bond donors (Lipinski definition) is 1. The summed E-state index contributed by atoms with van der Waals surface area (Å²) in [6.45, 7) is 11.5. The summed E-state index contributed by atoms with van der Waals surface area (Å²) < 4.78 is 6.22. The van der Waals surface area contributed by atoms with Crippen molar-refractivity contribution in [3.63, 3.8) is 0 Å². The largest absolute Gasteiger partial charge is 0.485 e. The SMILES string of the molecule is CCN1CC(CN(C)CN2C(=O)NC3(CCC(C(C)(C)C)CC3)C2=O)Oc2ccccc21. The molecule has 176 valence electrons. The van der Waals surface area contributed by atoms with Gasteiger partial charge in [-0.15, -0.1) is 0 Å². The Labute approximate surface area is 192 Å². The molecule has 1 spiro atoms. The van der Waals surface area contributed by atoms with Crippen molar-refractivity contribution in [1.29, 1.82) is 0 Å². The van der Waals surface area contributed by atoms with Crippen LogP contribution < -0.4 is 15.0 Å². The molecule has 7 nitrogen and oxygen atoms in total. The van der Waals surface area contributed by atoms with Crippen LogP contribution in [-0.4, -0.2) is 66.7 Å². The van der Waals surface area contributed by atoms with Gasteiger partial charge in [-0.25, -0.2) is 9.69 Å². The molecule has 1 N–H and O–H groups in total. The summed E-state index contributed by atoms with van der Waals surface area (Å²) in [4.78, 5) is 31.8. The number of ether oxygens (including phenoxy) is 1. The van der Waals surface area contributed by atoms with Crippen LogP contribution in [0.5, 0.6) is 5.75 Å². The van der Waals surface area contributed by atoms with E-state index in [1.807, 2.05) is 30.1 Å². The number of hydrogen-bond acceptors (Lipinski definition) is 5. The van der Waals surface area contributed by atoms with Crippen molar-refractivity contribution >= 4 is 17.6 Å². The first-order valence-corrected chi connectivity index (χ1v) is 12.0. The van der Waals surface area contributed by atoms with Gasteiger partial charge in [-0.2, -0.15) is 0 Å². The summed E-state index contributed by atoms with van der Waals surface area (Å²) in [6, 6.07) is 7.83. The molecule has 4 rings (SSSR count). The predicted octanol–water partition coefficient (Wildman–Crippen LogP) is 3.69. The fraction of sp³-hybridized carbons (Fsp3) is 0.680. The smallest absolute Gasteiger partial charge is 0.326 e. The quantitative estimate of drug-likeness (QED) is 0.705. The monoisotopic (exact) mass is 442 g/mol. The van der Waals surface area contributed by atoms with E-state index in [-0.39, 0.29) is 30.1 Å². The van der Waals surface area contributed by atoms with E-state index in [0.29, 0.717) is 12.5 Å². The van der Waals surface area contributed by atoms with E-state index < -0.39 is 5.54 Å². The van der Waals surface area contributed by atoms with E-state index in [0.717, 1.165) is 50.2 Å². The minimum Gasteiger partial charge on any atom is -0.485 e. The number of rotatable bonds is 5. The third-order valence-electron chi connectivity index (χ3n) is 7.51. The van der Waals surface area contributed by atoms with Crippen molar-refractivity contribution in [3.05, 3.63) is 24.3 Å². The standard InChI is InChI=1S/C25H38N4O3/c1-6-28-16-19(32-21-10-8-7-9-20(21)28)15-27(5)17-29-22(30)25(26-23(29)31)13-11-18(12-14-25)24(2,3)4/h7-10,18-19H,6,11-17H2,1-5H3,(H,26,31). The molecule has 1 aliphatic carbocycles. The molecule has 2 aliphatic heterocycles. The normalized spacial score (nSPS) is 28.2. The van der Waals surface area contributed by atoms with Crippen molar-refractivity contribution in [2.24, 2.45) is 11.3 Å². The maximum absolute atomic E-state index is 13.3. The summed E-state index contributed by atoms with van der Waals surface area (Å²) in [7, 11) is 1.95. The number of likely N-dealkylation sites (N-methyl/N-ethyl adjacent to an activating group) is 2. The zero-order valence-electron chi connectivity index (χ0n) is 20.2. The lowest BCUT2D eigenvalue weighted by molar-refractivity contribution is -0.134. The van der Waals surface area contributed by atoms with Gasteiger partial charge >= 0.3 is 6.03 Å². The number of nitrogens with zero attached hydrogens (tertiary/aromatic N) is 3. The number of fused-ring (bicyclic) bond motifs is 1. The third-order valence-corrected chi connectivity index (χ3v) is 7.51. The number of benzene rings is 1. The number of carbonyl (C=O) groups excluding carboxylic acids is 2. The van der Waals surface area contributed by atoms with Crippen molar-refractivity contribution in [3.8, 4) is 5.75 Å². The van der Waals surface area contributed by atoms with Crippen LogP contribution in [-0.2, 0) is 4.79 Å². The highest BCUT2D eigenvalue weighted by atomic mass is 16.5. The Balaban J connectivity index is 1.36. The molecule has 2 heterocycles. The molecule has 1 aromatic carbocycles. The van der Waals surface area contributed by atoms with Gasteiger partial charge in [0, 0.05) is 13.1 Å². The Morgan fingerprint density at radius 2 is 1.88 bits per heavy atom. The molecule has 1 saturated heterocycles. The Hall–Kier alpha value is -2.28. The van der Waals surface area contributed by atoms with Crippen LogP contribution in [0.4, 0.5) is 10.5 Å². The molecule has 0 aromatic heterocycles. The first kappa shape index (κ1) is 22.9. The highest BCUT2D eigenvalue weighted by Crippen LogP contribution is 2.43. The summed E-state index contributed by atoms with van der Waals surface area (Å²) in [6.07, 6.45) is 3.39. The van der Waals surface area contributed by atoms with E-state index in [1.54, 1.807) is 0 Å². The number of amides is 3. The summed E-state index contributed by atoms with van der Waals surface area (Å²) in [5.41, 5.74) is 0.646. The summed E-state index contributed by atoms with van der Waals surface area (Å²) in [5.74, 6) is 1.41. The molecule has 1 saturated carbocycles. The van der Waals surface area contributed by atoms with Crippen molar-refractivity contribution in [1.82, 2.24) is 15.1 Å². The second kappa shape index (κ2) is 8.58. The van der Waals surface area contributed by atoms with E-state index in [4.69, 9.17) is 4.74 Å². The van der Waals surface area contributed by atoms with Crippen LogP contribution in [0.3, 0.4) is 0 Å². The maximum Gasteiger partial charge on any atom is 0.326 e. The Morgan fingerprint density at radius 3 is 2.53 bits per heavy atom. The zero-order chi connectivity index (χ0) is 23.1. The van der Waals surface area contributed by atoms with Crippen LogP contribution >= 0.6 is 0 Å². The van der Waals surface area contributed by atoms with Gasteiger partial charge in [-0.3, -0.25) is 9.69 Å². The van der Waals surface area contributed by atoms with Gasteiger partial charge in [0.2, 0.25) is 0 Å². The first-order chi connectivity index (χ1) is 15.1. The van der Waals surface area contributed by atoms with E-state index >= 15 is 0 Å². The molecule has 0 radical (unpaired) electrons. The molecule has 0 bridgehead atoms. The van der Waals surface area contributed by atoms with Crippen molar-refractivity contribution in [2.45, 2.75) is 65.0 Å². The van der Waals surface area contributed by atoms with Gasteiger partial charge in [0.05, 0.1) is 18.9 Å². The van der Waals surface area contributed by atoms with E-state index in [2.05, 4.69) is 44.0 Å². The number of urea groups is 1. The number of imide groups is 1. The average molecular weight is 443 g/mol. The minimum absolute atomic E-state index is 0.0215. The van der Waals surface area contributed by atoms with Crippen LogP contribution in [0.25, 0.3) is 0 Å². The van der Waals surface area contributed by atoms with Gasteiger partial charge in [0.1, 0.15) is 17.4 Å². The van der Waals surface area contributed by atoms with Crippen LogP contribution in [0.2, 0.25) is 0 Å². The van der Waals surface area contributed by atoms with E-state index in [1.165, 1.54) is 4.90 Å². The summed E-state index contributed by atoms with van der Waals surface area (Å²) in [5, 5.41) is 3.05. The fourth-order valence-corrected chi connectivity index (χ4v) is 5.54. The number of nitrogens with one attached hydrogen (secondary N) is 1. The summed E-state index contributed by atoms with van der Waals surface area (Å²) >= 11 is 0. The van der Waals surface area contributed by atoms with Crippen LogP contribution in [0, 0.1) is 11.3 Å². The van der Waals surface area contributed by atoms with Crippen LogP contribution in [0.15, 0.2) is 24.3 Å². The molecule has 3 amide bonds. The lowest BCUT2D eigenvalue weighted by atomic mass is 9.67. The van der Waals surface area contributed by atoms with Gasteiger partial charge in [0.25, 0.3) is 5.91 Å². The predicted molar refractivity (Wildman–Crippen MR) is 126 cm³/mol. The lowest BCUT2D eigenvalue weighted by Crippen LogP contribution is -2.51. The van der Waals surface area contributed by atoms with E-state index in [9.17, 15) is 9.59 Å². The maximum atomic E-state index is 13.3. The Kier molecular flexibility index (Phi) is 6.14. The Morgan fingerprint density at radius 1 is 1.19 bits per heavy atom. The Bertz CT molecular complexity index is 857. The molecule has 3 aliphatic rings. The third kappa shape index (κ3) is 4.32. The molecule has 32 heavy (non-hydrogen) atoms. The van der Waals surface area contributed by atoms with Gasteiger partial charge in [-0.1, -0.05) is 32.9 Å². The second-order valence-electron chi connectivity index (χ2n) is 10.8. The molecule has 1 atom stereocenters. The number of anilines is 1. The highest BCUT2D eigenvalue weighted by molar-refractivity contribution is 6.07. The molecular formula is C25H38N4O3. The van der Waals surface area contributed by atoms with Gasteiger partial charge < -0.3 is 15.0 Å². The number of carbonyl (C=O) groups is 2. The van der Waals surface area contributed by atoms with Crippen molar-refractivity contribution in [2.75, 3.05) is 38.3 Å². The zero-order valence-corrected chi connectivity index (χ0v) is 20.2. The first-order valence-electron chi connectivity index (χ1n) is 12.0. The molecule has 1 aromatic rings. The number of para-hydroxylation sites is 2. The average Bonchev–Trinajstić information content (AvgIpc) is 2.96. The lowest BCUT2D eigenvalue weighted by Gasteiger charge is -2.40. The van der Waals surface area contributed by atoms with Crippen molar-refractivity contribution < 1.29 is 14.3 Å². The van der Waals surface area contributed by atoms with Gasteiger partial charge in [0.15, 0.2) is 0 Å². The second-order valence-corrected chi connectivity index (χ2v) is 10.8. The molecule has 1 unspecified atom stereocenters. The highest BCUT2D eigenvalue weighted by Gasteiger charge is 2.53. The minimum atomic E-state index is -0.709. The fourth-order valence-electron chi connectivity index (χ4n) is 5.54. The molecular weight excluding hydrogens is 404 g/mol. The molecule has 2 fully saturated rings. The molecule has 7 heteroatoms.